The molecule has 0 saturated carbocycles. The first-order valence-electron chi connectivity index (χ1n) is 12.2. The van der Waals surface area contributed by atoms with E-state index in [1.54, 1.807) is 31.4 Å². The van der Waals surface area contributed by atoms with Gasteiger partial charge in [0.2, 0.25) is 0 Å². The number of benzene rings is 3. The zero-order valence-corrected chi connectivity index (χ0v) is 23.0. The number of aliphatic hydroxyl groups is 1. The summed E-state index contributed by atoms with van der Waals surface area (Å²) in [5.74, 6) is -0.985. The van der Waals surface area contributed by atoms with Crippen molar-refractivity contribution in [3.05, 3.63) is 98.6 Å². The van der Waals surface area contributed by atoms with Crippen molar-refractivity contribution >= 4 is 34.7 Å². The number of ketones is 1. The summed E-state index contributed by atoms with van der Waals surface area (Å²) >= 11 is 6.41. The molecule has 0 aromatic heterocycles. The van der Waals surface area contributed by atoms with Crippen LogP contribution in [0.2, 0.25) is 5.02 Å². The van der Waals surface area contributed by atoms with Gasteiger partial charge >= 0.3 is 0 Å². The summed E-state index contributed by atoms with van der Waals surface area (Å²) < 4.78 is 5.41. The highest BCUT2D eigenvalue weighted by molar-refractivity contribution is 6.52. The summed E-state index contributed by atoms with van der Waals surface area (Å²) in [6.45, 7) is 11.9. The monoisotopic (exact) mass is 517 g/mol. The van der Waals surface area contributed by atoms with Crippen LogP contribution in [-0.2, 0) is 15.0 Å². The van der Waals surface area contributed by atoms with Crippen molar-refractivity contribution in [3.63, 3.8) is 0 Å². The van der Waals surface area contributed by atoms with Crippen molar-refractivity contribution in [1.29, 1.82) is 0 Å². The second kappa shape index (κ2) is 9.71. The Morgan fingerprint density at radius 2 is 1.62 bits per heavy atom. The first-order valence-corrected chi connectivity index (χ1v) is 12.6. The van der Waals surface area contributed by atoms with Gasteiger partial charge in [-0.15, -0.1) is 0 Å². The van der Waals surface area contributed by atoms with Crippen LogP contribution in [0.5, 0.6) is 5.75 Å². The molecule has 5 nitrogen and oxygen atoms in total. The quantitative estimate of drug-likeness (QED) is 0.226. The number of aliphatic hydroxyl groups excluding tert-OH is 1. The molecule has 192 valence electrons. The number of amides is 1. The number of nitrogens with zero attached hydrogens (tertiary/aromatic N) is 1. The average molecular weight is 518 g/mol. The molecule has 6 heteroatoms. The molecule has 0 bridgehead atoms. The Balaban J connectivity index is 1.99. The highest BCUT2D eigenvalue weighted by atomic mass is 35.5. The number of hydrogen-bond acceptors (Lipinski definition) is 4. The Kier molecular flexibility index (Phi) is 6.95. The molecule has 1 N–H and O–H groups in total. The van der Waals surface area contributed by atoms with Crippen LogP contribution in [-0.4, -0.2) is 23.9 Å². The molecule has 3 aromatic rings. The van der Waals surface area contributed by atoms with Gasteiger partial charge in [-0.05, 0) is 78.3 Å². The number of methoxy groups -OCH3 is 1. The zero-order valence-electron chi connectivity index (χ0n) is 22.3. The molecule has 0 spiro atoms. The lowest BCUT2D eigenvalue weighted by molar-refractivity contribution is -0.132. The van der Waals surface area contributed by atoms with Crippen LogP contribution in [0.4, 0.5) is 5.69 Å². The Bertz CT molecular complexity index is 1430. The van der Waals surface area contributed by atoms with Crippen LogP contribution >= 0.6 is 11.6 Å². The number of aryl methyl sites for hydroxylation is 2. The average Bonchev–Trinajstić information content (AvgIpc) is 3.11. The first-order chi connectivity index (χ1) is 17.4. The normalized spacial score (nSPS) is 17.4. The van der Waals surface area contributed by atoms with Crippen LogP contribution in [0.3, 0.4) is 0 Å². The molecule has 0 aliphatic carbocycles. The number of ether oxygens (including phenoxy) is 1. The predicted octanol–water partition coefficient (Wildman–Crippen LogP) is 7.20. The van der Waals surface area contributed by atoms with Crippen molar-refractivity contribution < 1.29 is 19.4 Å². The van der Waals surface area contributed by atoms with Crippen LogP contribution in [0.15, 0.2) is 60.2 Å². The van der Waals surface area contributed by atoms with Gasteiger partial charge in [-0.3, -0.25) is 14.5 Å². The third-order valence-corrected chi connectivity index (χ3v) is 7.44. The predicted molar refractivity (Wildman–Crippen MR) is 149 cm³/mol. The van der Waals surface area contributed by atoms with Gasteiger partial charge in [0.15, 0.2) is 0 Å². The standard InChI is InChI=1S/C31H32ClNO4/c1-17-16-25(37-7)18(2)15-22(17)28(34)26-27(20-11-13-21(14-12-20)31(4,5)6)33(30(36)29(26)35)24-10-8-9-23(32)19(24)3/h8-16,27,34H,1-7H3/b28-26+. The van der Waals surface area contributed by atoms with Crippen LogP contribution < -0.4 is 9.64 Å². The lowest BCUT2D eigenvalue weighted by atomic mass is 9.85. The van der Waals surface area contributed by atoms with Crippen molar-refractivity contribution in [2.45, 2.75) is 53.0 Å². The Labute approximate surface area is 223 Å². The molecule has 3 aromatic carbocycles. The second-order valence-electron chi connectivity index (χ2n) is 10.6. The van der Waals surface area contributed by atoms with Crippen LogP contribution in [0, 0.1) is 20.8 Å². The molecule has 37 heavy (non-hydrogen) atoms. The molecule has 4 rings (SSSR count). The van der Waals surface area contributed by atoms with Gasteiger partial charge in [0.25, 0.3) is 11.7 Å². The van der Waals surface area contributed by atoms with E-state index in [0.717, 1.165) is 22.3 Å². The zero-order chi connectivity index (χ0) is 27.2. The number of hydrogen-bond donors (Lipinski definition) is 1. The van der Waals surface area contributed by atoms with Gasteiger partial charge < -0.3 is 9.84 Å². The number of carbonyl (C=O) groups is 2. The fourth-order valence-corrected chi connectivity index (χ4v) is 5.00. The maximum absolute atomic E-state index is 13.6. The minimum Gasteiger partial charge on any atom is -0.507 e. The van der Waals surface area contributed by atoms with E-state index in [1.165, 1.54) is 4.90 Å². The fraction of sp³-hybridized carbons (Fsp3) is 0.290. The third kappa shape index (κ3) is 4.64. The summed E-state index contributed by atoms with van der Waals surface area (Å²) in [6, 6.07) is 15.9. The molecule has 1 amide bonds. The Hall–Kier alpha value is -3.57. The van der Waals surface area contributed by atoms with Crippen molar-refractivity contribution in [2.24, 2.45) is 0 Å². The van der Waals surface area contributed by atoms with Crippen molar-refractivity contribution in [3.8, 4) is 5.75 Å². The highest BCUT2D eigenvalue weighted by Crippen LogP contribution is 2.45. The number of Topliss-reactive ketones (excluding diaryl/α,β-unsaturated/α-hetero) is 1. The third-order valence-electron chi connectivity index (χ3n) is 7.03. The largest absolute Gasteiger partial charge is 0.507 e. The minimum atomic E-state index is -0.826. The molecule has 0 radical (unpaired) electrons. The molecule has 1 unspecified atom stereocenters. The van der Waals surface area contributed by atoms with Crippen LogP contribution in [0.1, 0.15) is 60.2 Å². The van der Waals surface area contributed by atoms with Gasteiger partial charge in [-0.2, -0.15) is 0 Å². The van der Waals surface area contributed by atoms with E-state index in [0.29, 0.717) is 27.6 Å². The molecular weight excluding hydrogens is 486 g/mol. The molecule has 1 fully saturated rings. The van der Waals surface area contributed by atoms with Gasteiger partial charge in [-0.25, -0.2) is 0 Å². The SMILES string of the molecule is COc1cc(C)c(/C(O)=C2\C(=O)C(=O)N(c3cccc(Cl)c3C)C2c2ccc(C(C)(C)C)cc2)cc1C. The summed E-state index contributed by atoms with van der Waals surface area (Å²) in [5, 5.41) is 12.1. The minimum absolute atomic E-state index is 0.0422. The smallest absolute Gasteiger partial charge is 0.300 e. The van der Waals surface area contributed by atoms with Crippen molar-refractivity contribution in [1.82, 2.24) is 0 Å². The Morgan fingerprint density at radius 3 is 2.22 bits per heavy atom. The van der Waals surface area contributed by atoms with Gasteiger partial charge in [0, 0.05) is 16.3 Å². The highest BCUT2D eigenvalue weighted by Gasteiger charge is 2.47. The lowest BCUT2D eigenvalue weighted by Gasteiger charge is -2.28. The second-order valence-corrected chi connectivity index (χ2v) is 11.0. The van der Waals surface area contributed by atoms with E-state index in [-0.39, 0.29) is 16.7 Å². The van der Waals surface area contributed by atoms with E-state index in [1.807, 2.05) is 51.1 Å². The van der Waals surface area contributed by atoms with Crippen LogP contribution in [0.25, 0.3) is 5.76 Å². The maximum Gasteiger partial charge on any atom is 0.300 e. The summed E-state index contributed by atoms with van der Waals surface area (Å²) in [4.78, 5) is 28.6. The number of halogens is 1. The molecular formula is C31H32ClNO4. The molecule has 1 aliphatic rings. The number of carbonyl (C=O) groups excluding carboxylic acids is 2. The van der Waals surface area contributed by atoms with E-state index in [9.17, 15) is 14.7 Å². The number of rotatable bonds is 4. The maximum atomic E-state index is 13.6. The summed E-state index contributed by atoms with van der Waals surface area (Å²) in [6.07, 6.45) is 0. The fourth-order valence-electron chi connectivity index (χ4n) is 4.83. The van der Waals surface area contributed by atoms with E-state index in [4.69, 9.17) is 16.3 Å². The molecule has 1 aliphatic heterocycles. The lowest BCUT2D eigenvalue weighted by Crippen LogP contribution is -2.30. The summed E-state index contributed by atoms with van der Waals surface area (Å²) in [5.41, 5.74) is 5.04. The van der Waals surface area contributed by atoms with Gasteiger partial charge in [0.1, 0.15) is 11.5 Å². The summed E-state index contributed by atoms with van der Waals surface area (Å²) in [7, 11) is 1.58. The first kappa shape index (κ1) is 26.5. The van der Waals surface area contributed by atoms with Crippen molar-refractivity contribution in [2.75, 3.05) is 12.0 Å². The Morgan fingerprint density at radius 1 is 0.973 bits per heavy atom. The number of anilines is 1. The topological polar surface area (TPSA) is 66.8 Å². The van der Waals surface area contributed by atoms with E-state index < -0.39 is 17.7 Å². The van der Waals surface area contributed by atoms with E-state index in [2.05, 4.69) is 20.8 Å². The van der Waals surface area contributed by atoms with E-state index >= 15 is 0 Å². The molecule has 1 saturated heterocycles. The van der Waals surface area contributed by atoms with Gasteiger partial charge in [-0.1, -0.05) is 62.7 Å². The van der Waals surface area contributed by atoms with Gasteiger partial charge in [0.05, 0.1) is 18.7 Å². The molecule has 1 heterocycles. The molecule has 1 atom stereocenters.